The Hall–Kier alpha value is -2.77. The van der Waals surface area contributed by atoms with Gasteiger partial charge in [0.25, 0.3) is 5.91 Å². The molecule has 2 heterocycles. The zero-order valence-electron chi connectivity index (χ0n) is 14.4. The number of pyridine rings is 1. The van der Waals surface area contributed by atoms with Gasteiger partial charge in [0.15, 0.2) is 0 Å². The first-order valence-corrected chi connectivity index (χ1v) is 8.37. The molecule has 0 spiro atoms. The van der Waals surface area contributed by atoms with Gasteiger partial charge in [-0.15, -0.1) is 0 Å². The molecule has 0 unspecified atom stereocenters. The number of amides is 1. The highest BCUT2D eigenvalue weighted by Crippen LogP contribution is 2.31. The molecule has 26 heavy (non-hydrogen) atoms. The van der Waals surface area contributed by atoms with Gasteiger partial charge in [-0.3, -0.25) is 9.78 Å². The van der Waals surface area contributed by atoms with E-state index in [9.17, 15) is 14.7 Å². The van der Waals surface area contributed by atoms with Crippen molar-refractivity contribution in [1.82, 2.24) is 15.6 Å². The van der Waals surface area contributed by atoms with E-state index in [-0.39, 0.29) is 11.1 Å². The van der Waals surface area contributed by atoms with Crippen LogP contribution >= 0.6 is 0 Å². The lowest BCUT2D eigenvalue weighted by atomic mass is 9.79. The number of hydrogen-bond donors (Lipinski definition) is 3. The van der Waals surface area contributed by atoms with Crippen LogP contribution in [-0.4, -0.2) is 48.3 Å². The van der Waals surface area contributed by atoms with Crippen molar-refractivity contribution in [3.63, 3.8) is 0 Å². The number of carbonyl (C=O) groups excluding carboxylic acids is 2. The Morgan fingerprint density at radius 2 is 2.00 bits per heavy atom. The highest BCUT2D eigenvalue weighted by molar-refractivity contribution is 5.97. The fourth-order valence-electron chi connectivity index (χ4n) is 3.22. The van der Waals surface area contributed by atoms with Gasteiger partial charge in [0.2, 0.25) is 0 Å². The van der Waals surface area contributed by atoms with Crippen molar-refractivity contribution >= 4 is 11.9 Å². The molecule has 1 fully saturated rings. The number of esters is 1. The van der Waals surface area contributed by atoms with Crippen LogP contribution in [0.25, 0.3) is 0 Å². The van der Waals surface area contributed by atoms with Gasteiger partial charge in [-0.1, -0.05) is 30.3 Å². The number of ether oxygens (including phenoxy) is 1. The summed E-state index contributed by atoms with van der Waals surface area (Å²) in [6.07, 6.45) is 2.47. The number of benzene rings is 1. The Bertz CT molecular complexity index is 796. The zero-order chi connectivity index (χ0) is 18.6. The molecule has 1 amide bonds. The Morgan fingerprint density at radius 1 is 1.27 bits per heavy atom. The first kappa shape index (κ1) is 18.0. The van der Waals surface area contributed by atoms with E-state index in [4.69, 9.17) is 0 Å². The minimum atomic E-state index is -0.912. The van der Waals surface area contributed by atoms with Crippen LogP contribution in [0.3, 0.4) is 0 Å². The van der Waals surface area contributed by atoms with Gasteiger partial charge in [-0.25, -0.2) is 4.79 Å². The standard InChI is InChI=1S/C19H21N3O4/c1-26-18(25)14-9-13(10-21-11-14)17(24)22-19(7-8-20-12-16(19)23)15-5-3-2-4-6-15/h2-6,9-11,16,20,23H,7-8,12H2,1H3,(H,22,24)/t16-,19-/m1/s1. The summed E-state index contributed by atoms with van der Waals surface area (Å²) < 4.78 is 4.67. The third-order valence-electron chi connectivity index (χ3n) is 4.65. The van der Waals surface area contributed by atoms with E-state index >= 15 is 0 Å². The maximum absolute atomic E-state index is 12.9. The molecule has 1 saturated heterocycles. The molecule has 3 N–H and O–H groups in total. The van der Waals surface area contributed by atoms with Crippen LogP contribution in [0.1, 0.15) is 32.7 Å². The van der Waals surface area contributed by atoms with Gasteiger partial charge < -0.3 is 20.5 Å². The predicted molar refractivity (Wildman–Crippen MR) is 94.7 cm³/mol. The summed E-state index contributed by atoms with van der Waals surface area (Å²) in [5.41, 5.74) is 0.346. The van der Waals surface area contributed by atoms with E-state index in [0.717, 1.165) is 5.56 Å². The molecule has 136 valence electrons. The van der Waals surface area contributed by atoms with E-state index in [2.05, 4.69) is 20.4 Å². The zero-order valence-corrected chi connectivity index (χ0v) is 14.4. The van der Waals surface area contributed by atoms with Crippen molar-refractivity contribution in [1.29, 1.82) is 0 Å². The summed E-state index contributed by atoms with van der Waals surface area (Å²) in [6.45, 7) is 1.03. The quantitative estimate of drug-likeness (QED) is 0.703. The summed E-state index contributed by atoms with van der Waals surface area (Å²) in [7, 11) is 1.27. The fourth-order valence-corrected chi connectivity index (χ4v) is 3.22. The number of nitrogens with one attached hydrogen (secondary N) is 2. The second kappa shape index (κ2) is 7.63. The van der Waals surface area contributed by atoms with E-state index in [1.165, 1.54) is 25.6 Å². The summed E-state index contributed by atoms with van der Waals surface area (Å²) in [4.78, 5) is 28.5. The maximum atomic E-state index is 12.9. The highest BCUT2D eigenvalue weighted by Gasteiger charge is 2.43. The first-order valence-electron chi connectivity index (χ1n) is 8.37. The number of β-amino-alcohol motifs (C(OH)–C–C–N with tert-alkyl or cyclic N) is 1. The van der Waals surface area contributed by atoms with Gasteiger partial charge in [0.1, 0.15) is 0 Å². The molecule has 7 nitrogen and oxygen atoms in total. The maximum Gasteiger partial charge on any atom is 0.339 e. The fraction of sp³-hybridized carbons (Fsp3) is 0.316. The molecule has 0 saturated carbocycles. The highest BCUT2D eigenvalue weighted by atomic mass is 16.5. The SMILES string of the molecule is COC(=O)c1cncc(C(=O)N[C@@]2(c3ccccc3)CCNC[C@H]2O)c1. The molecule has 7 heteroatoms. The molecule has 1 aromatic carbocycles. The van der Waals surface area contributed by atoms with E-state index < -0.39 is 23.5 Å². The van der Waals surface area contributed by atoms with Gasteiger partial charge in [0, 0.05) is 18.9 Å². The lowest BCUT2D eigenvalue weighted by Crippen LogP contribution is -2.61. The van der Waals surface area contributed by atoms with Crippen molar-refractivity contribution in [2.45, 2.75) is 18.1 Å². The molecule has 2 atom stereocenters. The smallest absolute Gasteiger partial charge is 0.339 e. The van der Waals surface area contributed by atoms with Crippen molar-refractivity contribution in [2.75, 3.05) is 20.2 Å². The number of hydrogen-bond acceptors (Lipinski definition) is 6. The molecule has 3 rings (SSSR count). The van der Waals surface area contributed by atoms with Crippen molar-refractivity contribution in [3.8, 4) is 0 Å². The molecule has 2 aromatic rings. The summed E-state index contributed by atoms with van der Waals surface area (Å²) in [5.74, 6) is -0.972. The lowest BCUT2D eigenvalue weighted by Gasteiger charge is -2.43. The van der Waals surface area contributed by atoms with E-state index in [1.54, 1.807) is 0 Å². The number of piperidine rings is 1. The normalized spacial score (nSPS) is 22.5. The second-order valence-corrected chi connectivity index (χ2v) is 6.22. The molecule has 0 radical (unpaired) electrons. The molecule has 0 aliphatic carbocycles. The molecule has 1 aromatic heterocycles. The first-order chi connectivity index (χ1) is 12.6. The average molecular weight is 355 g/mol. The molecular formula is C19H21N3O4. The Balaban J connectivity index is 1.93. The molecule has 1 aliphatic rings. The van der Waals surface area contributed by atoms with Crippen LogP contribution < -0.4 is 10.6 Å². The number of nitrogens with zero attached hydrogens (tertiary/aromatic N) is 1. The number of carbonyl (C=O) groups is 2. The van der Waals surface area contributed by atoms with Crippen molar-refractivity contribution in [3.05, 3.63) is 65.5 Å². The van der Waals surface area contributed by atoms with Gasteiger partial charge in [-0.05, 0) is 24.6 Å². The third kappa shape index (κ3) is 3.44. The molecular weight excluding hydrogens is 334 g/mol. The van der Waals surface area contributed by atoms with Crippen molar-refractivity contribution in [2.24, 2.45) is 0 Å². The predicted octanol–water partition coefficient (Wildman–Crippen LogP) is 0.848. The van der Waals surface area contributed by atoms with Gasteiger partial charge in [0.05, 0.1) is 29.9 Å². The number of aliphatic hydroxyl groups excluding tert-OH is 1. The molecule has 1 aliphatic heterocycles. The van der Waals surface area contributed by atoms with Crippen LogP contribution in [0.5, 0.6) is 0 Å². The van der Waals surface area contributed by atoms with Crippen LogP contribution in [0.2, 0.25) is 0 Å². The lowest BCUT2D eigenvalue weighted by molar-refractivity contribution is 0.0289. The number of aliphatic hydroxyl groups is 1. The Morgan fingerprint density at radius 3 is 2.69 bits per heavy atom. The van der Waals surface area contributed by atoms with Gasteiger partial charge in [-0.2, -0.15) is 0 Å². The van der Waals surface area contributed by atoms with E-state index in [0.29, 0.717) is 19.5 Å². The second-order valence-electron chi connectivity index (χ2n) is 6.22. The van der Waals surface area contributed by atoms with Crippen LogP contribution in [0.4, 0.5) is 0 Å². The van der Waals surface area contributed by atoms with Crippen molar-refractivity contribution < 1.29 is 19.4 Å². The minimum Gasteiger partial charge on any atom is -0.465 e. The van der Waals surface area contributed by atoms with Crippen LogP contribution in [0.15, 0.2) is 48.8 Å². The minimum absolute atomic E-state index is 0.194. The Labute approximate surface area is 151 Å². The Kier molecular flexibility index (Phi) is 5.29. The van der Waals surface area contributed by atoms with Crippen LogP contribution in [-0.2, 0) is 10.3 Å². The topological polar surface area (TPSA) is 101 Å². The largest absolute Gasteiger partial charge is 0.465 e. The summed E-state index contributed by atoms with van der Waals surface area (Å²) in [6, 6.07) is 10.8. The third-order valence-corrected chi connectivity index (χ3v) is 4.65. The summed E-state index contributed by atoms with van der Waals surface area (Å²) in [5, 5.41) is 16.8. The van der Waals surface area contributed by atoms with Gasteiger partial charge >= 0.3 is 5.97 Å². The number of methoxy groups -OCH3 is 1. The average Bonchev–Trinajstić information content (AvgIpc) is 2.70. The van der Waals surface area contributed by atoms with E-state index in [1.807, 2.05) is 30.3 Å². The molecule has 0 bridgehead atoms. The monoisotopic (exact) mass is 355 g/mol. The summed E-state index contributed by atoms with van der Waals surface area (Å²) >= 11 is 0. The number of rotatable bonds is 4. The van der Waals surface area contributed by atoms with Crippen LogP contribution in [0, 0.1) is 0 Å². The number of aromatic nitrogens is 1.